The molecule has 2 aromatic carbocycles. The Kier molecular flexibility index (Phi) is 3.51. The summed E-state index contributed by atoms with van der Waals surface area (Å²) in [5.41, 5.74) is 1.90. The molecule has 0 radical (unpaired) electrons. The predicted octanol–water partition coefficient (Wildman–Crippen LogP) is 3.51. The van der Waals surface area contributed by atoms with Gasteiger partial charge < -0.3 is 9.84 Å². The summed E-state index contributed by atoms with van der Waals surface area (Å²) in [5.74, 6) is -1.05. The summed E-state index contributed by atoms with van der Waals surface area (Å²) in [6, 6.07) is 8.97. The van der Waals surface area contributed by atoms with Crippen molar-refractivity contribution in [3.05, 3.63) is 53.3 Å². The van der Waals surface area contributed by atoms with Crippen molar-refractivity contribution in [1.29, 1.82) is 0 Å². The van der Waals surface area contributed by atoms with Crippen molar-refractivity contribution in [2.45, 2.75) is 6.92 Å². The monoisotopic (exact) mass is 260 g/mol. The van der Waals surface area contributed by atoms with E-state index in [9.17, 15) is 14.3 Å². The summed E-state index contributed by atoms with van der Waals surface area (Å²) in [6.45, 7) is 1.85. The number of hydrogen-bond acceptors (Lipinski definition) is 2. The van der Waals surface area contributed by atoms with E-state index in [2.05, 4.69) is 0 Å². The SMILES string of the molecule is COc1ccc(F)cc1-c1cc(C)ccc1C(=O)O. The summed E-state index contributed by atoms with van der Waals surface area (Å²) < 4.78 is 18.6. The molecule has 0 aliphatic heterocycles. The number of rotatable bonds is 3. The fraction of sp³-hybridized carbons (Fsp3) is 0.133. The first-order valence-corrected chi connectivity index (χ1v) is 5.71. The lowest BCUT2D eigenvalue weighted by atomic mass is 9.96. The van der Waals surface area contributed by atoms with Gasteiger partial charge in [0.15, 0.2) is 0 Å². The van der Waals surface area contributed by atoms with Gasteiger partial charge in [-0.25, -0.2) is 9.18 Å². The molecule has 4 heteroatoms. The standard InChI is InChI=1S/C15H13FO3/c1-9-3-5-11(15(17)18)12(7-9)13-8-10(16)4-6-14(13)19-2/h3-8H,1-2H3,(H,17,18). The van der Waals surface area contributed by atoms with Gasteiger partial charge in [-0.05, 0) is 31.2 Å². The molecule has 98 valence electrons. The summed E-state index contributed by atoms with van der Waals surface area (Å²) in [6.07, 6.45) is 0. The first-order chi connectivity index (χ1) is 9.02. The molecule has 0 aromatic heterocycles. The number of aromatic carboxylic acids is 1. The molecule has 1 N–H and O–H groups in total. The maximum Gasteiger partial charge on any atom is 0.336 e. The number of methoxy groups -OCH3 is 1. The summed E-state index contributed by atoms with van der Waals surface area (Å²) >= 11 is 0. The molecule has 0 atom stereocenters. The normalized spacial score (nSPS) is 10.3. The van der Waals surface area contributed by atoms with Gasteiger partial charge >= 0.3 is 5.97 Å². The lowest BCUT2D eigenvalue weighted by molar-refractivity contribution is 0.0697. The van der Waals surface area contributed by atoms with Crippen LogP contribution >= 0.6 is 0 Å². The lowest BCUT2D eigenvalue weighted by Crippen LogP contribution is -2.01. The minimum absolute atomic E-state index is 0.120. The Morgan fingerprint density at radius 1 is 1.16 bits per heavy atom. The number of carbonyl (C=O) groups is 1. The minimum Gasteiger partial charge on any atom is -0.496 e. The molecule has 0 aliphatic rings. The van der Waals surface area contributed by atoms with Gasteiger partial charge in [-0.15, -0.1) is 0 Å². The molecule has 0 heterocycles. The molecule has 0 bridgehead atoms. The number of benzene rings is 2. The number of carboxylic acid groups (broad SMARTS) is 1. The fourth-order valence-electron chi connectivity index (χ4n) is 1.96. The van der Waals surface area contributed by atoms with Gasteiger partial charge in [-0.3, -0.25) is 0 Å². The molecule has 0 spiro atoms. The zero-order chi connectivity index (χ0) is 14.0. The third kappa shape index (κ3) is 2.57. The third-order valence-electron chi connectivity index (χ3n) is 2.86. The van der Waals surface area contributed by atoms with Crippen LogP contribution in [0.5, 0.6) is 5.75 Å². The van der Waals surface area contributed by atoms with E-state index in [1.54, 1.807) is 12.1 Å². The maximum absolute atomic E-state index is 13.4. The van der Waals surface area contributed by atoms with Crippen LogP contribution in [0.1, 0.15) is 15.9 Å². The molecule has 0 saturated carbocycles. The average molecular weight is 260 g/mol. The van der Waals surface area contributed by atoms with Crippen LogP contribution in [0, 0.1) is 12.7 Å². The van der Waals surface area contributed by atoms with Gasteiger partial charge in [0.05, 0.1) is 12.7 Å². The van der Waals surface area contributed by atoms with Crippen LogP contribution in [0.25, 0.3) is 11.1 Å². The van der Waals surface area contributed by atoms with E-state index in [0.717, 1.165) is 5.56 Å². The average Bonchev–Trinajstić information content (AvgIpc) is 2.38. The Morgan fingerprint density at radius 2 is 1.89 bits per heavy atom. The molecule has 0 fully saturated rings. The maximum atomic E-state index is 13.4. The van der Waals surface area contributed by atoms with Gasteiger partial charge in [-0.1, -0.05) is 17.7 Å². The van der Waals surface area contributed by atoms with Crippen LogP contribution in [0.4, 0.5) is 4.39 Å². The quantitative estimate of drug-likeness (QED) is 0.918. The summed E-state index contributed by atoms with van der Waals surface area (Å²) in [4.78, 5) is 11.3. The van der Waals surface area contributed by atoms with Gasteiger partial charge in [0.2, 0.25) is 0 Å². The van der Waals surface area contributed by atoms with Crippen molar-refractivity contribution in [3.8, 4) is 16.9 Å². The molecule has 0 amide bonds. The van der Waals surface area contributed by atoms with E-state index in [1.807, 2.05) is 6.92 Å². The van der Waals surface area contributed by atoms with Crippen molar-refractivity contribution < 1.29 is 19.0 Å². The second kappa shape index (κ2) is 5.10. The third-order valence-corrected chi connectivity index (χ3v) is 2.86. The Bertz CT molecular complexity index is 635. The summed E-state index contributed by atoms with van der Waals surface area (Å²) in [5, 5.41) is 9.22. The van der Waals surface area contributed by atoms with Gasteiger partial charge in [0.25, 0.3) is 0 Å². The Hall–Kier alpha value is -2.36. The van der Waals surface area contributed by atoms with Crippen LogP contribution in [0.2, 0.25) is 0 Å². The van der Waals surface area contributed by atoms with Gasteiger partial charge in [-0.2, -0.15) is 0 Å². The van der Waals surface area contributed by atoms with E-state index in [0.29, 0.717) is 16.9 Å². The number of ether oxygens (including phenoxy) is 1. The van der Waals surface area contributed by atoms with Crippen LogP contribution in [0.3, 0.4) is 0 Å². The highest BCUT2D eigenvalue weighted by molar-refractivity contribution is 5.97. The van der Waals surface area contributed by atoms with Crippen molar-refractivity contribution in [2.75, 3.05) is 7.11 Å². The van der Waals surface area contributed by atoms with E-state index >= 15 is 0 Å². The van der Waals surface area contributed by atoms with Crippen molar-refractivity contribution in [1.82, 2.24) is 0 Å². The zero-order valence-corrected chi connectivity index (χ0v) is 10.6. The Labute approximate surface area is 110 Å². The number of halogens is 1. The van der Waals surface area contributed by atoms with E-state index in [4.69, 9.17) is 4.74 Å². The zero-order valence-electron chi connectivity index (χ0n) is 10.6. The Morgan fingerprint density at radius 3 is 2.53 bits per heavy atom. The first-order valence-electron chi connectivity index (χ1n) is 5.71. The minimum atomic E-state index is -1.05. The topological polar surface area (TPSA) is 46.5 Å². The lowest BCUT2D eigenvalue weighted by Gasteiger charge is -2.12. The highest BCUT2D eigenvalue weighted by atomic mass is 19.1. The van der Waals surface area contributed by atoms with Gasteiger partial charge in [0.1, 0.15) is 11.6 Å². The van der Waals surface area contributed by atoms with Crippen LogP contribution in [-0.2, 0) is 0 Å². The Balaban J connectivity index is 2.73. The van der Waals surface area contributed by atoms with E-state index in [1.165, 1.54) is 31.4 Å². The molecular formula is C15H13FO3. The molecule has 0 aliphatic carbocycles. The second-order valence-corrected chi connectivity index (χ2v) is 4.20. The molecule has 0 saturated heterocycles. The fourth-order valence-corrected chi connectivity index (χ4v) is 1.96. The molecule has 0 unspecified atom stereocenters. The van der Waals surface area contributed by atoms with Crippen molar-refractivity contribution >= 4 is 5.97 Å². The highest BCUT2D eigenvalue weighted by Crippen LogP contribution is 2.33. The number of aryl methyl sites for hydroxylation is 1. The molecule has 3 nitrogen and oxygen atoms in total. The number of carboxylic acids is 1. The van der Waals surface area contributed by atoms with Crippen LogP contribution in [0.15, 0.2) is 36.4 Å². The molecule has 19 heavy (non-hydrogen) atoms. The summed E-state index contributed by atoms with van der Waals surface area (Å²) in [7, 11) is 1.47. The second-order valence-electron chi connectivity index (χ2n) is 4.20. The van der Waals surface area contributed by atoms with Gasteiger partial charge in [0, 0.05) is 11.1 Å². The van der Waals surface area contributed by atoms with Crippen LogP contribution in [-0.4, -0.2) is 18.2 Å². The molecule has 2 rings (SSSR count). The number of hydrogen-bond donors (Lipinski definition) is 1. The molecule has 2 aromatic rings. The highest BCUT2D eigenvalue weighted by Gasteiger charge is 2.16. The molecular weight excluding hydrogens is 247 g/mol. The van der Waals surface area contributed by atoms with E-state index < -0.39 is 11.8 Å². The van der Waals surface area contributed by atoms with Crippen LogP contribution < -0.4 is 4.74 Å². The largest absolute Gasteiger partial charge is 0.496 e. The van der Waals surface area contributed by atoms with E-state index in [-0.39, 0.29) is 5.56 Å². The smallest absolute Gasteiger partial charge is 0.336 e. The van der Waals surface area contributed by atoms with Crippen molar-refractivity contribution in [2.24, 2.45) is 0 Å². The predicted molar refractivity (Wildman–Crippen MR) is 70.1 cm³/mol. The van der Waals surface area contributed by atoms with Crippen molar-refractivity contribution in [3.63, 3.8) is 0 Å². The first kappa shape index (κ1) is 13.1.